The molecule has 0 bridgehead atoms. The molecule has 1 aliphatic heterocycles. The minimum Gasteiger partial charge on any atom is -0.460 e. The molecule has 6 heteroatoms. The van der Waals surface area contributed by atoms with Gasteiger partial charge in [0.15, 0.2) is 5.44 Å². The molecule has 0 unspecified atom stereocenters. The molecule has 1 fully saturated rings. The molecule has 0 aliphatic carbocycles. The highest BCUT2D eigenvalue weighted by Gasteiger charge is 2.29. The van der Waals surface area contributed by atoms with Crippen LogP contribution in [-0.2, 0) is 14.3 Å². The molecule has 1 heterocycles. The van der Waals surface area contributed by atoms with Crippen LogP contribution in [0.25, 0.3) is 0 Å². The van der Waals surface area contributed by atoms with E-state index in [1.165, 1.54) is 18.7 Å². The normalized spacial score (nSPS) is 21.9. The molecule has 0 radical (unpaired) electrons. The molecule has 0 N–H and O–H groups in total. The van der Waals surface area contributed by atoms with Gasteiger partial charge < -0.3 is 9.47 Å². The molecule has 19 heavy (non-hydrogen) atoms. The zero-order chi connectivity index (χ0) is 13.7. The van der Waals surface area contributed by atoms with Crippen molar-refractivity contribution in [3.8, 4) is 0 Å². The smallest absolute Gasteiger partial charge is 0.338 e. The third-order valence-electron chi connectivity index (χ3n) is 2.38. The Labute approximate surface area is 120 Å². The molecule has 102 valence electrons. The second kappa shape index (κ2) is 6.86. The number of carbonyl (C=O) groups is 2. The largest absolute Gasteiger partial charge is 0.460 e. The van der Waals surface area contributed by atoms with Crippen molar-refractivity contribution in [3.63, 3.8) is 0 Å². The summed E-state index contributed by atoms with van der Waals surface area (Å²) in [6, 6.07) is 8.89. The molecule has 2 atom stereocenters. The minimum absolute atomic E-state index is 0.122. The van der Waals surface area contributed by atoms with Gasteiger partial charge in [-0.2, -0.15) is 0 Å². The van der Waals surface area contributed by atoms with Crippen LogP contribution >= 0.6 is 23.5 Å². The van der Waals surface area contributed by atoms with Gasteiger partial charge in [0, 0.05) is 12.7 Å². The van der Waals surface area contributed by atoms with Crippen molar-refractivity contribution in [2.75, 3.05) is 12.4 Å². The van der Waals surface area contributed by atoms with E-state index in [2.05, 4.69) is 0 Å². The van der Waals surface area contributed by atoms with Gasteiger partial charge in [0.1, 0.15) is 6.61 Å². The average Bonchev–Trinajstić information content (AvgIpc) is 2.84. The summed E-state index contributed by atoms with van der Waals surface area (Å²) in [5.74, 6) is 0.135. The van der Waals surface area contributed by atoms with Gasteiger partial charge in [-0.3, -0.25) is 4.79 Å². The summed E-state index contributed by atoms with van der Waals surface area (Å²) in [4.78, 5) is 22.6. The summed E-state index contributed by atoms with van der Waals surface area (Å²) in [6.07, 6.45) is 0. The lowest BCUT2D eigenvalue weighted by atomic mass is 10.2. The van der Waals surface area contributed by atoms with Gasteiger partial charge in [-0.15, -0.1) is 11.8 Å². The van der Waals surface area contributed by atoms with E-state index in [-0.39, 0.29) is 22.0 Å². The zero-order valence-electron chi connectivity index (χ0n) is 10.4. The lowest BCUT2D eigenvalue weighted by molar-refractivity contribution is -0.141. The van der Waals surface area contributed by atoms with Crippen LogP contribution in [0.5, 0.6) is 0 Å². The number of carbonyl (C=O) groups excluding carboxylic acids is 2. The summed E-state index contributed by atoms with van der Waals surface area (Å²) >= 11 is 3.16. The Morgan fingerprint density at radius 3 is 2.74 bits per heavy atom. The molecule has 0 spiro atoms. The predicted octanol–water partition coefficient (Wildman–Crippen LogP) is 2.54. The fourth-order valence-electron chi connectivity index (χ4n) is 1.57. The maximum Gasteiger partial charge on any atom is 0.338 e. The van der Waals surface area contributed by atoms with Crippen LogP contribution in [0.2, 0.25) is 0 Å². The van der Waals surface area contributed by atoms with Crippen LogP contribution in [0.4, 0.5) is 0 Å². The highest BCUT2D eigenvalue weighted by molar-refractivity contribution is 8.20. The van der Waals surface area contributed by atoms with E-state index in [0.29, 0.717) is 12.2 Å². The Morgan fingerprint density at radius 2 is 2.05 bits per heavy atom. The standard InChI is InChI=1S/C13H14O4S2/c1-9(14)17-11-8-18-12(19-11)7-16-13(15)10-5-3-2-4-6-10/h2-6,11-12H,7-8H2,1H3/t11-,12+/m0/s1. The lowest BCUT2D eigenvalue weighted by Gasteiger charge is -2.11. The summed E-state index contributed by atoms with van der Waals surface area (Å²) in [5.41, 5.74) is 0.412. The maximum atomic E-state index is 11.7. The molecule has 1 saturated heterocycles. The third-order valence-corrected chi connectivity index (χ3v) is 5.34. The van der Waals surface area contributed by atoms with Crippen molar-refractivity contribution in [3.05, 3.63) is 35.9 Å². The van der Waals surface area contributed by atoms with Crippen molar-refractivity contribution in [1.29, 1.82) is 0 Å². The monoisotopic (exact) mass is 298 g/mol. The van der Waals surface area contributed by atoms with E-state index in [4.69, 9.17) is 9.47 Å². The zero-order valence-corrected chi connectivity index (χ0v) is 12.0. The molecule has 0 aromatic heterocycles. The highest BCUT2D eigenvalue weighted by atomic mass is 32.2. The number of hydrogen-bond donors (Lipinski definition) is 0. The van der Waals surface area contributed by atoms with Crippen LogP contribution in [-0.4, -0.2) is 34.3 Å². The fourth-order valence-corrected chi connectivity index (χ4v) is 4.32. The summed E-state index contributed by atoms with van der Waals surface area (Å²) < 4.78 is 10.5. The van der Waals surface area contributed by atoms with Gasteiger partial charge in [0.25, 0.3) is 0 Å². The highest BCUT2D eigenvalue weighted by Crippen LogP contribution is 2.38. The molecule has 1 aliphatic rings. The van der Waals surface area contributed by atoms with E-state index in [1.807, 2.05) is 6.07 Å². The SMILES string of the molecule is CC(=O)O[C@@H]1CS[C@@H](COC(=O)c2ccccc2)S1. The predicted molar refractivity (Wildman–Crippen MR) is 76.1 cm³/mol. The fraction of sp³-hybridized carbons (Fsp3) is 0.385. The first kappa shape index (κ1) is 14.3. The summed E-state index contributed by atoms with van der Waals surface area (Å²) in [7, 11) is 0. The van der Waals surface area contributed by atoms with Crippen molar-refractivity contribution in [2.24, 2.45) is 0 Å². The Bertz CT molecular complexity index is 449. The van der Waals surface area contributed by atoms with Crippen LogP contribution in [0.15, 0.2) is 30.3 Å². The van der Waals surface area contributed by atoms with Crippen LogP contribution in [0, 0.1) is 0 Å². The van der Waals surface area contributed by atoms with Crippen molar-refractivity contribution in [2.45, 2.75) is 16.9 Å². The molecule has 1 aromatic rings. The molecule has 4 nitrogen and oxygen atoms in total. The summed E-state index contributed by atoms with van der Waals surface area (Å²) in [6.45, 7) is 1.72. The van der Waals surface area contributed by atoms with Gasteiger partial charge in [-0.25, -0.2) is 4.79 Å². The van der Waals surface area contributed by atoms with Gasteiger partial charge in [0.05, 0.1) is 10.1 Å². The van der Waals surface area contributed by atoms with Crippen molar-refractivity contribution >= 4 is 35.5 Å². The Hall–Kier alpha value is -1.14. The molecular formula is C13H14O4S2. The summed E-state index contributed by atoms with van der Waals surface area (Å²) in [5, 5.41) is 0. The molecule has 1 aromatic carbocycles. The number of thioether (sulfide) groups is 2. The van der Waals surface area contributed by atoms with Crippen molar-refractivity contribution in [1.82, 2.24) is 0 Å². The number of rotatable bonds is 4. The molecule has 2 rings (SSSR count). The van der Waals surface area contributed by atoms with E-state index in [0.717, 1.165) is 5.75 Å². The van der Waals surface area contributed by atoms with Crippen LogP contribution in [0.1, 0.15) is 17.3 Å². The number of benzene rings is 1. The quantitative estimate of drug-likeness (QED) is 0.796. The number of ether oxygens (including phenoxy) is 2. The average molecular weight is 298 g/mol. The minimum atomic E-state index is -0.322. The Balaban J connectivity index is 1.75. The van der Waals surface area contributed by atoms with E-state index in [9.17, 15) is 9.59 Å². The van der Waals surface area contributed by atoms with Gasteiger partial charge in [-0.1, -0.05) is 30.0 Å². The van der Waals surface area contributed by atoms with Gasteiger partial charge >= 0.3 is 11.9 Å². The van der Waals surface area contributed by atoms with E-state index < -0.39 is 0 Å². The Morgan fingerprint density at radius 1 is 1.32 bits per heavy atom. The molecule has 0 amide bonds. The first-order chi connectivity index (χ1) is 9.15. The van der Waals surface area contributed by atoms with Gasteiger partial charge in [-0.05, 0) is 12.1 Å². The Kier molecular flexibility index (Phi) is 5.15. The second-order valence-corrected chi connectivity index (χ2v) is 6.80. The first-order valence-electron chi connectivity index (χ1n) is 5.81. The lowest BCUT2D eigenvalue weighted by Crippen LogP contribution is -2.14. The van der Waals surface area contributed by atoms with Crippen LogP contribution < -0.4 is 0 Å². The van der Waals surface area contributed by atoms with Crippen molar-refractivity contribution < 1.29 is 19.1 Å². The van der Waals surface area contributed by atoms with Gasteiger partial charge in [0.2, 0.25) is 0 Å². The number of hydrogen-bond acceptors (Lipinski definition) is 6. The topological polar surface area (TPSA) is 52.6 Å². The van der Waals surface area contributed by atoms with Crippen LogP contribution in [0.3, 0.4) is 0 Å². The maximum absolute atomic E-state index is 11.7. The number of esters is 2. The second-order valence-electron chi connectivity index (χ2n) is 3.90. The third kappa shape index (κ3) is 4.47. The first-order valence-corrected chi connectivity index (χ1v) is 7.81. The van der Waals surface area contributed by atoms with E-state index >= 15 is 0 Å². The molecular weight excluding hydrogens is 284 g/mol. The molecule has 0 saturated carbocycles. The van der Waals surface area contributed by atoms with E-state index in [1.54, 1.807) is 36.0 Å².